The van der Waals surface area contributed by atoms with Gasteiger partial charge in [0.05, 0.1) is 4.90 Å². The van der Waals surface area contributed by atoms with Crippen LogP contribution in [0.3, 0.4) is 0 Å². The number of nitrogens with zero attached hydrogens (tertiary/aromatic N) is 1. The molecule has 3 aromatic carbocycles. The van der Waals surface area contributed by atoms with Crippen molar-refractivity contribution < 1.29 is 25.4 Å². The molecule has 0 aromatic heterocycles. The average Bonchev–Trinajstić information content (AvgIpc) is 2.72. The van der Waals surface area contributed by atoms with E-state index in [9.17, 15) is 21.2 Å². The summed E-state index contributed by atoms with van der Waals surface area (Å²) in [5.74, 6) is -0.530. The number of halogens is 1. The highest BCUT2D eigenvalue weighted by Gasteiger charge is 2.27. The van der Waals surface area contributed by atoms with E-state index >= 15 is 0 Å². The lowest BCUT2D eigenvalue weighted by Crippen LogP contribution is -2.36. The van der Waals surface area contributed by atoms with Crippen LogP contribution in [0.4, 0.5) is 4.39 Å². The first-order valence-corrected chi connectivity index (χ1v) is 12.7. The third-order valence-electron chi connectivity index (χ3n) is 4.75. The second kappa shape index (κ2) is 9.40. The highest BCUT2D eigenvalue weighted by molar-refractivity contribution is 7.89. The summed E-state index contributed by atoms with van der Waals surface area (Å²) in [7, 11) is -7.94. The van der Waals surface area contributed by atoms with Crippen molar-refractivity contribution in [3.8, 4) is 5.75 Å². The molecule has 0 heterocycles. The quantitative estimate of drug-likeness (QED) is 0.446. The molecule has 3 rings (SSSR count). The Hall–Kier alpha value is -2.75. The first kappa shape index (κ1) is 23.9. The van der Waals surface area contributed by atoms with Crippen molar-refractivity contribution in [1.82, 2.24) is 4.31 Å². The van der Waals surface area contributed by atoms with Gasteiger partial charge in [0.25, 0.3) is 0 Å². The van der Waals surface area contributed by atoms with Crippen LogP contribution < -0.4 is 4.18 Å². The lowest BCUT2D eigenvalue weighted by Gasteiger charge is -2.26. The average molecular weight is 478 g/mol. The molecule has 0 atom stereocenters. The number of sulfonamides is 1. The third-order valence-corrected chi connectivity index (χ3v) is 8.05. The van der Waals surface area contributed by atoms with Crippen LogP contribution in [0.15, 0.2) is 82.6 Å². The Labute approximate surface area is 188 Å². The standard InChI is InChI=1S/C23H24FNO5S2/c1-17(2)25(31(26,27)22-11-7-18(3)8-12-22)16-19-5-4-6-21(15-19)30-32(28,29)23-13-9-20(24)10-14-23/h4-15,17H,16H2,1-3H3. The normalized spacial score (nSPS) is 12.3. The summed E-state index contributed by atoms with van der Waals surface area (Å²) in [6.45, 7) is 5.44. The number of rotatable bonds is 8. The summed E-state index contributed by atoms with van der Waals surface area (Å²) in [5.41, 5.74) is 1.51. The van der Waals surface area contributed by atoms with Crippen molar-refractivity contribution in [3.63, 3.8) is 0 Å². The van der Waals surface area contributed by atoms with E-state index in [0.29, 0.717) is 5.56 Å². The molecule has 0 aliphatic heterocycles. The first-order valence-electron chi connectivity index (χ1n) is 9.86. The Morgan fingerprint density at radius 3 is 2.06 bits per heavy atom. The molecule has 0 fully saturated rings. The van der Waals surface area contributed by atoms with Crippen LogP contribution >= 0.6 is 0 Å². The zero-order valence-electron chi connectivity index (χ0n) is 17.9. The van der Waals surface area contributed by atoms with Gasteiger partial charge in [0.15, 0.2) is 0 Å². The summed E-state index contributed by atoms with van der Waals surface area (Å²) in [6, 6.07) is 16.8. The van der Waals surface area contributed by atoms with E-state index in [-0.39, 0.29) is 28.1 Å². The predicted octanol–water partition coefficient (Wildman–Crippen LogP) is 4.50. The summed E-state index contributed by atoms with van der Waals surface area (Å²) in [5, 5.41) is 0. The largest absolute Gasteiger partial charge is 0.379 e. The maximum atomic E-state index is 13.2. The van der Waals surface area contributed by atoms with Crippen molar-refractivity contribution >= 4 is 20.1 Å². The molecular formula is C23H24FNO5S2. The van der Waals surface area contributed by atoms with E-state index in [0.717, 1.165) is 29.8 Å². The molecule has 0 radical (unpaired) electrons. The van der Waals surface area contributed by atoms with Gasteiger partial charge in [-0.1, -0.05) is 29.8 Å². The molecule has 0 aliphatic rings. The van der Waals surface area contributed by atoms with Gasteiger partial charge in [-0.2, -0.15) is 12.7 Å². The highest BCUT2D eigenvalue weighted by atomic mass is 32.2. The minimum absolute atomic E-state index is 0.0294. The second-order valence-corrected chi connectivity index (χ2v) is 11.0. The molecule has 0 saturated heterocycles. The van der Waals surface area contributed by atoms with Crippen molar-refractivity contribution in [2.24, 2.45) is 0 Å². The van der Waals surface area contributed by atoms with E-state index < -0.39 is 26.0 Å². The minimum atomic E-state index is -4.17. The maximum absolute atomic E-state index is 13.2. The first-order chi connectivity index (χ1) is 15.0. The van der Waals surface area contributed by atoms with Gasteiger partial charge in [0, 0.05) is 12.6 Å². The second-order valence-electron chi connectivity index (χ2n) is 7.60. The molecule has 0 unspecified atom stereocenters. The molecule has 0 amide bonds. The Bertz CT molecular complexity index is 1290. The van der Waals surface area contributed by atoms with Crippen molar-refractivity contribution in [1.29, 1.82) is 0 Å². The fourth-order valence-electron chi connectivity index (χ4n) is 3.04. The van der Waals surface area contributed by atoms with Gasteiger partial charge < -0.3 is 4.18 Å². The molecule has 9 heteroatoms. The van der Waals surface area contributed by atoms with Gasteiger partial charge in [-0.25, -0.2) is 12.8 Å². The lowest BCUT2D eigenvalue weighted by atomic mass is 10.2. The highest BCUT2D eigenvalue weighted by Crippen LogP contribution is 2.25. The monoisotopic (exact) mass is 477 g/mol. The van der Waals surface area contributed by atoms with Gasteiger partial charge >= 0.3 is 10.1 Å². The summed E-state index contributed by atoms with van der Waals surface area (Å²) < 4.78 is 70.9. The molecule has 0 aliphatic carbocycles. The van der Waals surface area contributed by atoms with Gasteiger partial charge in [0.1, 0.15) is 16.5 Å². The molecule has 0 bridgehead atoms. The minimum Gasteiger partial charge on any atom is -0.379 e. The summed E-state index contributed by atoms with van der Waals surface area (Å²) >= 11 is 0. The SMILES string of the molecule is Cc1ccc(S(=O)(=O)N(Cc2cccc(OS(=O)(=O)c3ccc(F)cc3)c2)C(C)C)cc1. The molecule has 0 saturated carbocycles. The summed E-state index contributed by atoms with van der Waals surface area (Å²) in [4.78, 5) is -0.00171. The smallest absolute Gasteiger partial charge is 0.339 e. The number of benzene rings is 3. The van der Waals surface area contributed by atoms with E-state index in [1.807, 2.05) is 6.92 Å². The van der Waals surface area contributed by atoms with Crippen LogP contribution in [0, 0.1) is 12.7 Å². The summed E-state index contributed by atoms with van der Waals surface area (Å²) in [6.07, 6.45) is 0. The lowest BCUT2D eigenvalue weighted by molar-refractivity contribution is 0.347. The van der Waals surface area contributed by atoms with Crippen LogP contribution in [0.5, 0.6) is 5.75 Å². The Morgan fingerprint density at radius 1 is 0.875 bits per heavy atom. The maximum Gasteiger partial charge on any atom is 0.339 e. The number of hydrogen-bond acceptors (Lipinski definition) is 5. The van der Waals surface area contributed by atoms with Crippen molar-refractivity contribution in [2.75, 3.05) is 0 Å². The molecule has 6 nitrogen and oxygen atoms in total. The van der Waals surface area contributed by atoms with E-state index in [1.54, 1.807) is 50.2 Å². The van der Waals surface area contributed by atoms with Crippen LogP contribution in [-0.2, 0) is 26.7 Å². The number of aryl methyl sites for hydroxylation is 1. The third kappa shape index (κ3) is 5.53. The van der Waals surface area contributed by atoms with Crippen LogP contribution in [0.1, 0.15) is 25.0 Å². The molecule has 170 valence electrons. The Kier molecular flexibility index (Phi) is 7.02. The van der Waals surface area contributed by atoms with Gasteiger partial charge in [0.2, 0.25) is 10.0 Å². The Morgan fingerprint density at radius 2 is 1.47 bits per heavy atom. The van der Waals surface area contributed by atoms with Crippen molar-refractivity contribution in [2.45, 2.75) is 43.1 Å². The zero-order valence-corrected chi connectivity index (χ0v) is 19.5. The van der Waals surface area contributed by atoms with Crippen LogP contribution in [-0.4, -0.2) is 27.2 Å². The Balaban J connectivity index is 1.86. The molecule has 3 aromatic rings. The predicted molar refractivity (Wildman–Crippen MR) is 120 cm³/mol. The fraction of sp³-hybridized carbons (Fsp3) is 0.217. The van der Waals surface area contributed by atoms with Gasteiger partial charge in [-0.3, -0.25) is 0 Å². The molecular weight excluding hydrogens is 453 g/mol. The molecule has 0 spiro atoms. The van der Waals surface area contributed by atoms with Gasteiger partial charge in [-0.15, -0.1) is 0 Å². The van der Waals surface area contributed by atoms with E-state index in [1.165, 1.54) is 16.4 Å². The fourth-order valence-corrected chi connectivity index (χ4v) is 5.59. The topological polar surface area (TPSA) is 80.8 Å². The molecule has 32 heavy (non-hydrogen) atoms. The van der Waals surface area contributed by atoms with E-state index in [4.69, 9.17) is 4.18 Å². The molecule has 0 N–H and O–H groups in total. The van der Waals surface area contributed by atoms with Gasteiger partial charge in [-0.05, 0) is 74.9 Å². The van der Waals surface area contributed by atoms with Crippen LogP contribution in [0.25, 0.3) is 0 Å². The zero-order chi connectivity index (χ0) is 23.5. The van der Waals surface area contributed by atoms with Crippen LogP contribution in [0.2, 0.25) is 0 Å². The van der Waals surface area contributed by atoms with E-state index in [2.05, 4.69) is 0 Å². The van der Waals surface area contributed by atoms with Crippen molar-refractivity contribution in [3.05, 3.63) is 89.7 Å². The number of hydrogen-bond donors (Lipinski definition) is 0.